The highest BCUT2D eigenvalue weighted by Gasteiger charge is 2.10. The van der Waals surface area contributed by atoms with Gasteiger partial charge in [-0.2, -0.15) is 0 Å². The van der Waals surface area contributed by atoms with Gasteiger partial charge < -0.3 is 10.1 Å². The average Bonchev–Trinajstić information content (AvgIpc) is 2.46. The van der Waals surface area contributed by atoms with E-state index in [9.17, 15) is 0 Å². The van der Waals surface area contributed by atoms with E-state index < -0.39 is 0 Å². The second-order valence-corrected chi connectivity index (χ2v) is 4.66. The predicted molar refractivity (Wildman–Crippen MR) is 77.7 cm³/mol. The third-order valence-electron chi connectivity index (χ3n) is 3.05. The maximum absolute atomic E-state index is 5.38. The highest BCUT2D eigenvalue weighted by molar-refractivity contribution is 5.60. The van der Waals surface area contributed by atoms with Gasteiger partial charge in [0.2, 0.25) is 0 Å². The van der Waals surface area contributed by atoms with E-state index >= 15 is 0 Å². The standard InChI is InChI=1S/C15H19N3O/c1-10(2)13-7-11(5-6-14(13)19-4)15-17-8-12(16-3)9-18-15/h5-10,16H,1-4H3. The molecule has 0 aliphatic heterocycles. The molecule has 0 atom stereocenters. The van der Waals surface area contributed by atoms with Gasteiger partial charge in [-0.3, -0.25) is 0 Å². The monoisotopic (exact) mass is 257 g/mol. The normalized spacial score (nSPS) is 10.6. The number of hydrogen-bond donors (Lipinski definition) is 1. The molecule has 1 aromatic carbocycles. The Labute approximate surface area is 113 Å². The summed E-state index contributed by atoms with van der Waals surface area (Å²) < 4.78 is 5.38. The summed E-state index contributed by atoms with van der Waals surface area (Å²) in [6.07, 6.45) is 3.56. The van der Waals surface area contributed by atoms with E-state index in [2.05, 4.69) is 35.2 Å². The summed E-state index contributed by atoms with van der Waals surface area (Å²) in [7, 11) is 3.54. The van der Waals surface area contributed by atoms with Crippen molar-refractivity contribution in [3.8, 4) is 17.1 Å². The van der Waals surface area contributed by atoms with Crippen LogP contribution in [0.15, 0.2) is 30.6 Å². The number of aromatic nitrogens is 2. The molecule has 0 aliphatic carbocycles. The van der Waals surface area contributed by atoms with Gasteiger partial charge in [0.1, 0.15) is 5.75 Å². The van der Waals surface area contributed by atoms with Gasteiger partial charge in [0, 0.05) is 12.6 Å². The molecule has 1 aromatic heterocycles. The van der Waals surface area contributed by atoms with E-state index in [1.54, 1.807) is 19.5 Å². The topological polar surface area (TPSA) is 47.0 Å². The molecule has 2 aromatic rings. The zero-order valence-electron chi connectivity index (χ0n) is 11.8. The van der Waals surface area contributed by atoms with Crippen molar-refractivity contribution < 1.29 is 4.74 Å². The lowest BCUT2D eigenvalue weighted by atomic mass is 9.99. The Hall–Kier alpha value is -2.10. The zero-order valence-corrected chi connectivity index (χ0v) is 11.8. The van der Waals surface area contributed by atoms with Crippen molar-refractivity contribution in [1.29, 1.82) is 0 Å². The number of rotatable bonds is 4. The van der Waals surface area contributed by atoms with Crippen molar-refractivity contribution >= 4 is 5.69 Å². The Bertz CT molecular complexity index is 550. The first-order valence-corrected chi connectivity index (χ1v) is 6.33. The van der Waals surface area contributed by atoms with Gasteiger partial charge in [-0.15, -0.1) is 0 Å². The molecule has 4 heteroatoms. The fraction of sp³-hybridized carbons (Fsp3) is 0.333. The first kappa shape index (κ1) is 13.3. The number of nitrogens with zero attached hydrogens (tertiary/aromatic N) is 2. The molecule has 0 spiro atoms. The quantitative estimate of drug-likeness (QED) is 0.912. The molecule has 100 valence electrons. The second kappa shape index (κ2) is 5.69. The SMILES string of the molecule is CNc1cnc(-c2ccc(OC)c(C(C)C)c2)nc1. The highest BCUT2D eigenvalue weighted by atomic mass is 16.5. The lowest BCUT2D eigenvalue weighted by Gasteiger charge is -2.13. The van der Waals surface area contributed by atoms with Gasteiger partial charge in [-0.25, -0.2) is 9.97 Å². The summed E-state index contributed by atoms with van der Waals surface area (Å²) in [5, 5.41) is 3.01. The summed E-state index contributed by atoms with van der Waals surface area (Å²) in [6.45, 7) is 4.29. The molecule has 0 amide bonds. The maximum atomic E-state index is 5.38. The lowest BCUT2D eigenvalue weighted by Crippen LogP contribution is -1.97. The average molecular weight is 257 g/mol. The molecule has 0 radical (unpaired) electrons. The highest BCUT2D eigenvalue weighted by Crippen LogP contribution is 2.30. The molecular weight excluding hydrogens is 238 g/mol. The Morgan fingerprint density at radius 1 is 1.16 bits per heavy atom. The summed E-state index contributed by atoms with van der Waals surface area (Å²) in [5.74, 6) is 2.03. The Kier molecular flexibility index (Phi) is 4.00. The number of nitrogens with one attached hydrogen (secondary N) is 1. The summed E-state index contributed by atoms with van der Waals surface area (Å²) >= 11 is 0. The minimum atomic E-state index is 0.395. The van der Waals surface area contributed by atoms with Gasteiger partial charge in [0.15, 0.2) is 5.82 Å². The van der Waals surface area contributed by atoms with Crippen LogP contribution in [-0.4, -0.2) is 24.1 Å². The van der Waals surface area contributed by atoms with Crippen LogP contribution in [0.1, 0.15) is 25.3 Å². The zero-order chi connectivity index (χ0) is 13.8. The van der Waals surface area contributed by atoms with Crippen LogP contribution in [0.4, 0.5) is 5.69 Å². The van der Waals surface area contributed by atoms with Crippen LogP contribution in [0.2, 0.25) is 0 Å². The summed E-state index contributed by atoms with van der Waals surface area (Å²) in [5.41, 5.74) is 3.08. The third-order valence-corrected chi connectivity index (χ3v) is 3.05. The van der Waals surface area contributed by atoms with E-state index in [1.165, 1.54) is 5.56 Å². The van der Waals surface area contributed by atoms with Crippen LogP contribution < -0.4 is 10.1 Å². The Morgan fingerprint density at radius 3 is 2.37 bits per heavy atom. The molecule has 0 aliphatic rings. The second-order valence-electron chi connectivity index (χ2n) is 4.66. The van der Waals surface area contributed by atoms with Crippen molar-refractivity contribution in [2.24, 2.45) is 0 Å². The number of ether oxygens (including phenoxy) is 1. The number of benzene rings is 1. The van der Waals surface area contributed by atoms with E-state index in [-0.39, 0.29) is 0 Å². The molecule has 1 heterocycles. The molecule has 4 nitrogen and oxygen atoms in total. The smallest absolute Gasteiger partial charge is 0.159 e. The van der Waals surface area contributed by atoms with Crippen LogP contribution in [0, 0.1) is 0 Å². The minimum absolute atomic E-state index is 0.395. The summed E-state index contributed by atoms with van der Waals surface area (Å²) in [4.78, 5) is 8.72. The molecular formula is C15H19N3O. The van der Waals surface area contributed by atoms with Crippen LogP contribution in [-0.2, 0) is 0 Å². The summed E-state index contributed by atoms with van der Waals surface area (Å²) in [6, 6.07) is 6.05. The van der Waals surface area contributed by atoms with Gasteiger partial charge in [0.25, 0.3) is 0 Å². The van der Waals surface area contributed by atoms with Crippen LogP contribution in [0.5, 0.6) is 5.75 Å². The van der Waals surface area contributed by atoms with E-state index in [0.29, 0.717) is 5.92 Å². The first-order valence-electron chi connectivity index (χ1n) is 6.33. The molecule has 0 saturated carbocycles. The lowest BCUT2D eigenvalue weighted by molar-refractivity contribution is 0.407. The molecule has 0 saturated heterocycles. The molecule has 2 rings (SSSR count). The minimum Gasteiger partial charge on any atom is -0.496 e. The van der Waals surface area contributed by atoms with Crippen molar-refractivity contribution in [3.05, 3.63) is 36.2 Å². The van der Waals surface area contributed by atoms with Crippen molar-refractivity contribution in [2.45, 2.75) is 19.8 Å². The Balaban J connectivity index is 2.41. The molecule has 0 unspecified atom stereocenters. The van der Waals surface area contributed by atoms with Gasteiger partial charge in [0.05, 0.1) is 25.2 Å². The third kappa shape index (κ3) is 2.84. The Morgan fingerprint density at radius 2 is 1.84 bits per heavy atom. The maximum Gasteiger partial charge on any atom is 0.159 e. The van der Waals surface area contributed by atoms with Crippen molar-refractivity contribution in [3.63, 3.8) is 0 Å². The van der Waals surface area contributed by atoms with Crippen LogP contribution >= 0.6 is 0 Å². The molecule has 0 fully saturated rings. The van der Waals surface area contributed by atoms with E-state index in [4.69, 9.17) is 4.74 Å². The van der Waals surface area contributed by atoms with Crippen LogP contribution in [0.25, 0.3) is 11.4 Å². The van der Waals surface area contributed by atoms with Crippen molar-refractivity contribution in [2.75, 3.05) is 19.5 Å². The number of methoxy groups -OCH3 is 1. The number of anilines is 1. The fourth-order valence-corrected chi connectivity index (χ4v) is 1.93. The van der Waals surface area contributed by atoms with Gasteiger partial charge >= 0.3 is 0 Å². The largest absolute Gasteiger partial charge is 0.496 e. The van der Waals surface area contributed by atoms with Crippen molar-refractivity contribution in [1.82, 2.24) is 9.97 Å². The van der Waals surface area contributed by atoms with Crippen LogP contribution in [0.3, 0.4) is 0 Å². The van der Waals surface area contributed by atoms with Gasteiger partial charge in [-0.1, -0.05) is 13.8 Å². The molecule has 1 N–H and O–H groups in total. The van der Waals surface area contributed by atoms with E-state index in [0.717, 1.165) is 22.8 Å². The van der Waals surface area contributed by atoms with Gasteiger partial charge in [-0.05, 0) is 29.7 Å². The predicted octanol–water partition coefficient (Wildman–Crippen LogP) is 3.32. The first-order chi connectivity index (χ1) is 9.15. The number of hydrogen-bond acceptors (Lipinski definition) is 4. The molecule has 19 heavy (non-hydrogen) atoms. The molecule has 0 bridgehead atoms. The van der Waals surface area contributed by atoms with E-state index in [1.807, 2.05) is 19.2 Å². The fourth-order valence-electron chi connectivity index (χ4n) is 1.93.